The van der Waals surface area contributed by atoms with Crippen molar-refractivity contribution in [2.24, 2.45) is 7.05 Å². The molecule has 2 aromatic rings. The molecule has 0 saturated carbocycles. The summed E-state index contributed by atoms with van der Waals surface area (Å²) in [5, 5.41) is 5.90. The van der Waals surface area contributed by atoms with Crippen molar-refractivity contribution in [1.82, 2.24) is 9.78 Å². The Morgan fingerprint density at radius 2 is 2.29 bits per heavy atom. The van der Waals surface area contributed by atoms with Gasteiger partial charge in [0.2, 0.25) is 0 Å². The zero-order valence-electron chi connectivity index (χ0n) is 9.61. The monoisotopic (exact) mass is 312 g/mol. The number of benzene rings is 1. The Labute approximate surface area is 115 Å². The van der Waals surface area contributed by atoms with Gasteiger partial charge in [-0.05, 0) is 35.6 Å². The minimum Gasteiger partial charge on any atom is -0.276 e. The third-order valence-electron chi connectivity index (χ3n) is 2.75. The summed E-state index contributed by atoms with van der Waals surface area (Å²) in [4.78, 5) is 0. The molecule has 1 aromatic heterocycles. The lowest BCUT2D eigenvalue weighted by atomic mass is 9.95. The molecular weight excluding hydrogens is 300 g/mol. The smallest absolute Gasteiger partial charge is 0.0521 e. The maximum absolute atomic E-state index is 6.02. The second-order valence-corrected chi connectivity index (χ2v) is 5.22. The van der Waals surface area contributed by atoms with Gasteiger partial charge in [0.25, 0.3) is 0 Å². The van der Waals surface area contributed by atoms with Gasteiger partial charge in [-0.15, -0.1) is 0 Å². The molecule has 1 heterocycles. The zero-order valence-corrected chi connectivity index (χ0v) is 11.9. The maximum atomic E-state index is 6.02. The molecule has 0 fully saturated rings. The average Bonchev–Trinajstić information content (AvgIpc) is 2.72. The number of rotatable bonds is 4. The molecule has 0 aliphatic heterocycles. The van der Waals surface area contributed by atoms with Crippen LogP contribution in [0.3, 0.4) is 0 Å². The van der Waals surface area contributed by atoms with Crippen molar-refractivity contribution in [1.29, 1.82) is 0 Å². The molecule has 2 nitrogen and oxygen atoms in total. The van der Waals surface area contributed by atoms with E-state index in [1.54, 1.807) is 0 Å². The fourth-order valence-corrected chi connectivity index (χ4v) is 2.69. The molecule has 0 spiro atoms. The van der Waals surface area contributed by atoms with Crippen LogP contribution in [-0.4, -0.2) is 15.1 Å². The first-order chi connectivity index (χ1) is 8.19. The van der Waals surface area contributed by atoms with E-state index in [-0.39, 0.29) is 0 Å². The van der Waals surface area contributed by atoms with Crippen LogP contribution in [0.2, 0.25) is 5.02 Å². The van der Waals surface area contributed by atoms with Gasteiger partial charge in [0, 0.05) is 23.6 Å². The number of halogens is 2. The lowest BCUT2D eigenvalue weighted by Gasteiger charge is -2.13. The van der Waals surface area contributed by atoms with E-state index in [0.29, 0.717) is 5.92 Å². The highest BCUT2D eigenvalue weighted by molar-refractivity contribution is 9.09. The van der Waals surface area contributed by atoms with Crippen molar-refractivity contribution in [2.75, 3.05) is 5.33 Å². The number of aryl methyl sites for hydroxylation is 1. The van der Waals surface area contributed by atoms with E-state index in [0.717, 1.165) is 16.8 Å². The average molecular weight is 314 g/mol. The number of hydrogen-bond acceptors (Lipinski definition) is 1. The van der Waals surface area contributed by atoms with Crippen molar-refractivity contribution in [2.45, 2.75) is 12.3 Å². The van der Waals surface area contributed by atoms with Gasteiger partial charge in [-0.1, -0.05) is 39.7 Å². The summed E-state index contributed by atoms with van der Waals surface area (Å²) in [6.07, 6.45) is 4.94. The predicted octanol–water partition coefficient (Wildman–Crippen LogP) is 3.79. The molecule has 1 atom stereocenters. The van der Waals surface area contributed by atoms with E-state index < -0.39 is 0 Å². The van der Waals surface area contributed by atoms with Crippen molar-refractivity contribution < 1.29 is 0 Å². The Morgan fingerprint density at radius 1 is 1.47 bits per heavy atom. The molecule has 0 aliphatic rings. The number of hydrogen-bond donors (Lipinski definition) is 0. The van der Waals surface area contributed by atoms with Crippen molar-refractivity contribution >= 4 is 27.5 Å². The molecule has 0 amide bonds. The fourth-order valence-electron chi connectivity index (χ4n) is 1.88. The summed E-state index contributed by atoms with van der Waals surface area (Å²) in [6, 6.07) is 8.05. The van der Waals surface area contributed by atoms with Crippen LogP contribution in [0.5, 0.6) is 0 Å². The molecule has 0 N–H and O–H groups in total. The molecule has 90 valence electrons. The molecule has 0 bridgehead atoms. The highest BCUT2D eigenvalue weighted by Gasteiger charge is 2.12. The third-order valence-corrected chi connectivity index (χ3v) is 3.76. The second-order valence-electron chi connectivity index (χ2n) is 4.13. The number of nitrogens with zero attached hydrogens (tertiary/aromatic N) is 2. The minimum absolute atomic E-state index is 0.429. The first-order valence-electron chi connectivity index (χ1n) is 5.48. The predicted molar refractivity (Wildman–Crippen MR) is 74.9 cm³/mol. The Bertz CT molecular complexity index is 496. The van der Waals surface area contributed by atoms with Gasteiger partial charge in [0.1, 0.15) is 0 Å². The number of aromatic nitrogens is 2. The topological polar surface area (TPSA) is 17.8 Å². The van der Waals surface area contributed by atoms with E-state index in [9.17, 15) is 0 Å². The highest BCUT2D eigenvalue weighted by atomic mass is 79.9. The van der Waals surface area contributed by atoms with Crippen LogP contribution in [0, 0.1) is 0 Å². The Kier molecular flexibility index (Phi) is 4.24. The normalized spacial score (nSPS) is 12.6. The highest BCUT2D eigenvalue weighted by Crippen LogP contribution is 2.25. The Hall–Kier alpha value is -0.800. The van der Waals surface area contributed by atoms with Crippen LogP contribution >= 0.6 is 27.5 Å². The summed E-state index contributed by atoms with van der Waals surface area (Å²) in [6.45, 7) is 0. The maximum Gasteiger partial charge on any atom is 0.0521 e. The van der Waals surface area contributed by atoms with E-state index >= 15 is 0 Å². The van der Waals surface area contributed by atoms with Gasteiger partial charge in [-0.25, -0.2) is 0 Å². The summed E-state index contributed by atoms with van der Waals surface area (Å²) >= 11 is 9.59. The van der Waals surface area contributed by atoms with E-state index in [2.05, 4.69) is 33.3 Å². The van der Waals surface area contributed by atoms with Crippen LogP contribution in [0.15, 0.2) is 36.7 Å². The summed E-state index contributed by atoms with van der Waals surface area (Å²) < 4.78 is 1.83. The van der Waals surface area contributed by atoms with Gasteiger partial charge in [0.05, 0.1) is 6.20 Å². The van der Waals surface area contributed by atoms with Crippen LogP contribution in [0.25, 0.3) is 0 Å². The van der Waals surface area contributed by atoms with Crippen LogP contribution in [-0.2, 0) is 13.5 Å². The molecular formula is C13H14BrClN2. The largest absolute Gasteiger partial charge is 0.276 e. The van der Waals surface area contributed by atoms with Gasteiger partial charge in [0.15, 0.2) is 0 Å². The lowest BCUT2D eigenvalue weighted by Crippen LogP contribution is -2.04. The standard InChI is InChI=1S/C13H14BrClN2/c1-17-9-10(8-16-17)5-12(7-14)11-3-2-4-13(15)6-11/h2-4,6,8-9,12H,5,7H2,1H3. The van der Waals surface area contributed by atoms with E-state index in [4.69, 9.17) is 11.6 Å². The summed E-state index contributed by atoms with van der Waals surface area (Å²) in [5.41, 5.74) is 2.51. The van der Waals surface area contributed by atoms with Gasteiger partial charge >= 0.3 is 0 Å². The van der Waals surface area contributed by atoms with E-state index in [1.807, 2.05) is 36.1 Å². The Balaban J connectivity index is 2.16. The molecule has 0 aliphatic carbocycles. The molecule has 17 heavy (non-hydrogen) atoms. The fraction of sp³-hybridized carbons (Fsp3) is 0.308. The lowest BCUT2D eigenvalue weighted by molar-refractivity contribution is 0.758. The number of alkyl halides is 1. The summed E-state index contributed by atoms with van der Waals surface area (Å²) in [7, 11) is 1.94. The van der Waals surface area contributed by atoms with Crippen molar-refractivity contribution in [3.05, 3.63) is 52.8 Å². The molecule has 2 rings (SSSR count). The zero-order chi connectivity index (χ0) is 12.3. The van der Waals surface area contributed by atoms with Crippen LogP contribution in [0.1, 0.15) is 17.0 Å². The molecule has 0 radical (unpaired) electrons. The Morgan fingerprint density at radius 3 is 2.88 bits per heavy atom. The molecule has 1 unspecified atom stereocenters. The van der Waals surface area contributed by atoms with Crippen LogP contribution < -0.4 is 0 Å². The van der Waals surface area contributed by atoms with Gasteiger partial charge < -0.3 is 0 Å². The van der Waals surface area contributed by atoms with Crippen LogP contribution in [0.4, 0.5) is 0 Å². The van der Waals surface area contributed by atoms with Crippen molar-refractivity contribution in [3.63, 3.8) is 0 Å². The van der Waals surface area contributed by atoms with E-state index in [1.165, 1.54) is 11.1 Å². The first-order valence-corrected chi connectivity index (χ1v) is 6.98. The van der Waals surface area contributed by atoms with Crippen molar-refractivity contribution in [3.8, 4) is 0 Å². The first kappa shape index (κ1) is 12.7. The summed E-state index contributed by atoms with van der Waals surface area (Å²) in [5.74, 6) is 0.429. The minimum atomic E-state index is 0.429. The van der Waals surface area contributed by atoms with Gasteiger partial charge in [-0.3, -0.25) is 4.68 Å². The van der Waals surface area contributed by atoms with Gasteiger partial charge in [-0.2, -0.15) is 5.10 Å². The third kappa shape index (κ3) is 3.33. The molecule has 0 saturated heterocycles. The second kappa shape index (κ2) is 5.69. The molecule has 4 heteroatoms. The SMILES string of the molecule is Cn1cc(CC(CBr)c2cccc(Cl)c2)cn1. The quantitative estimate of drug-likeness (QED) is 0.785. The molecule has 1 aromatic carbocycles.